The van der Waals surface area contributed by atoms with E-state index in [9.17, 15) is 4.79 Å². The van der Waals surface area contributed by atoms with Gasteiger partial charge in [-0.25, -0.2) is 9.48 Å². The quantitative estimate of drug-likeness (QED) is 0.850. The highest BCUT2D eigenvalue weighted by Crippen LogP contribution is 2.31. The maximum atomic E-state index is 11.7. The molecule has 1 heterocycles. The molecule has 0 aromatic carbocycles. The van der Waals surface area contributed by atoms with E-state index in [2.05, 4.69) is 15.6 Å². The van der Waals surface area contributed by atoms with Crippen LogP contribution in [-0.2, 0) is 11.3 Å². The van der Waals surface area contributed by atoms with Crippen molar-refractivity contribution < 1.29 is 9.53 Å². The number of amides is 1. The van der Waals surface area contributed by atoms with Crippen molar-refractivity contribution in [3.8, 4) is 0 Å². The van der Waals surface area contributed by atoms with Crippen LogP contribution in [0.3, 0.4) is 0 Å². The Labute approximate surface area is 112 Å². The Morgan fingerprint density at radius 1 is 1.58 bits per heavy atom. The lowest BCUT2D eigenvalue weighted by atomic mass is 9.86. The van der Waals surface area contributed by atoms with Crippen molar-refractivity contribution in [2.45, 2.75) is 57.8 Å². The first-order chi connectivity index (χ1) is 8.89. The summed E-state index contributed by atoms with van der Waals surface area (Å²) in [6, 6.07) is 0.183. The summed E-state index contributed by atoms with van der Waals surface area (Å²) in [4.78, 5) is 11.7. The molecule has 1 aliphatic rings. The summed E-state index contributed by atoms with van der Waals surface area (Å²) in [5.74, 6) is 0. The summed E-state index contributed by atoms with van der Waals surface area (Å²) in [6.45, 7) is 5.90. The van der Waals surface area contributed by atoms with Gasteiger partial charge < -0.3 is 15.8 Å². The maximum absolute atomic E-state index is 11.7. The molecule has 1 aromatic heterocycles. The number of nitrogens with zero attached hydrogens (tertiary/aromatic N) is 3. The van der Waals surface area contributed by atoms with Crippen molar-refractivity contribution in [3.05, 3.63) is 11.9 Å². The summed E-state index contributed by atoms with van der Waals surface area (Å²) < 4.78 is 7.01. The van der Waals surface area contributed by atoms with E-state index in [0.717, 1.165) is 18.5 Å². The number of carbonyl (C=O) groups is 1. The number of nitrogens with two attached hydrogens (primary N) is 1. The van der Waals surface area contributed by atoms with Gasteiger partial charge in [0.05, 0.1) is 24.0 Å². The summed E-state index contributed by atoms with van der Waals surface area (Å²) >= 11 is 0. The molecule has 19 heavy (non-hydrogen) atoms. The molecule has 7 heteroatoms. The Hall–Kier alpha value is -1.63. The summed E-state index contributed by atoms with van der Waals surface area (Å²) in [5.41, 5.74) is 5.77. The fourth-order valence-corrected chi connectivity index (χ4v) is 2.00. The molecule has 7 nitrogen and oxygen atoms in total. The van der Waals surface area contributed by atoms with Gasteiger partial charge >= 0.3 is 6.09 Å². The molecule has 1 amide bonds. The SMILES string of the molecule is CC(C)(C)OC(=O)NC1CCC1n1cc(CN)nn1. The third-order valence-corrected chi connectivity index (χ3v) is 3.05. The van der Waals surface area contributed by atoms with Crippen LogP contribution in [0.1, 0.15) is 45.3 Å². The van der Waals surface area contributed by atoms with Crippen molar-refractivity contribution in [2.75, 3.05) is 0 Å². The molecule has 1 aliphatic carbocycles. The first kappa shape index (κ1) is 13.8. The second kappa shape index (κ2) is 5.16. The minimum atomic E-state index is -0.483. The van der Waals surface area contributed by atoms with E-state index < -0.39 is 5.60 Å². The van der Waals surface area contributed by atoms with Gasteiger partial charge in [0.15, 0.2) is 0 Å². The Balaban J connectivity index is 1.90. The third kappa shape index (κ3) is 3.44. The first-order valence-electron chi connectivity index (χ1n) is 6.49. The predicted octanol–water partition coefficient (Wildman–Crippen LogP) is 0.965. The average molecular weight is 267 g/mol. The molecule has 0 aliphatic heterocycles. The summed E-state index contributed by atoms with van der Waals surface area (Å²) in [5, 5.41) is 10.9. The topological polar surface area (TPSA) is 95.1 Å². The number of alkyl carbamates (subject to hydrolysis) is 1. The summed E-state index contributed by atoms with van der Waals surface area (Å²) in [7, 11) is 0. The lowest BCUT2D eigenvalue weighted by Gasteiger charge is -2.37. The molecule has 2 atom stereocenters. The van der Waals surface area contributed by atoms with Gasteiger partial charge in [-0.05, 0) is 33.6 Å². The molecule has 1 fully saturated rings. The molecule has 0 spiro atoms. The molecule has 0 radical (unpaired) electrons. The van der Waals surface area contributed by atoms with Crippen molar-refractivity contribution >= 4 is 6.09 Å². The van der Waals surface area contributed by atoms with Crippen LogP contribution in [0.5, 0.6) is 0 Å². The number of hydrogen-bond acceptors (Lipinski definition) is 5. The van der Waals surface area contributed by atoms with E-state index in [1.54, 1.807) is 4.68 Å². The molecule has 1 aromatic rings. The van der Waals surface area contributed by atoms with Crippen LogP contribution in [0.15, 0.2) is 6.20 Å². The van der Waals surface area contributed by atoms with E-state index in [0.29, 0.717) is 6.54 Å². The zero-order valence-electron chi connectivity index (χ0n) is 11.6. The van der Waals surface area contributed by atoms with E-state index in [4.69, 9.17) is 10.5 Å². The fourth-order valence-electron chi connectivity index (χ4n) is 2.00. The second-order valence-corrected chi connectivity index (χ2v) is 5.79. The minimum Gasteiger partial charge on any atom is -0.444 e. The van der Waals surface area contributed by atoms with Gasteiger partial charge in [-0.2, -0.15) is 0 Å². The first-order valence-corrected chi connectivity index (χ1v) is 6.49. The van der Waals surface area contributed by atoms with Crippen LogP contribution in [0.2, 0.25) is 0 Å². The van der Waals surface area contributed by atoms with E-state index >= 15 is 0 Å². The van der Waals surface area contributed by atoms with Crippen LogP contribution in [-0.4, -0.2) is 32.7 Å². The van der Waals surface area contributed by atoms with Crippen LogP contribution < -0.4 is 11.1 Å². The second-order valence-electron chi connectivity index (χ2n) is 5.79. The highest BCUT2D eigenvalue weighted by molar-refractivity contribution is 5.68. The van der Waals surface area contributed by atoms with Crippen LogP contribution in [0.25, 0.3) is 0 Å². The zero-order chi connectivity index (χ0) is 14.0. The van der Waals surface area contributed by atoms with Crippen molar-refractivity contribution in [1.29, 1.82) is 0 Å². The van der Waals surface area contributed by atoms with Gasteiger partial charge in [0.2, 0.25) is 0 Å². The molecule has 3 N–H and O–H groups in total. The molecule has 2 rings (SSSR count). The Bertz CT molecular complexity index is 451. The largest absolute Gasteiger partial charge is 0.444 e. The standard InChI is InChI=1S/C12H21N5O2/c1-12(2,3)19-11(18)14-9-4-5-10(9)17-7-8(6-13)15-16-17/h7,9-10H,4-6,13H2,1-3H3,(H,14,18). The van der Waals surface area contributed by atoms with E-state index in [1.807, 2.05) is 27.0 Å². The Morgan fingerprint density at radius 3 is 2.79 bits per heavy atom. The summed E-state index contributed by atoms with van der Waals surface area (Å²) in [6.07, 6.45) is 3.32. The van der Waals surface area contributed by atoms with Gasteiger partial charge in [-0.15, -0.1) is 5.10 Å². The van der Waals surface area contributed by atoms with Crippen LogP contribution >= 0.6 is 0 Å². The van der Waals surface area contributed by atoms with E-state index in [1.165, 1.54) is 0 Å². The van der Waals surface area contributed by atoms with Crippen LogP contribution in [0.4, 0.5) is 4.79 Å². The fraction of sp³-hybridized carbons (Fsp3) is 0.750. The molecular formula is C12H21N5O2. The molecule has 0 saturated heterocycles. The molecular weight excluding hydrogens is 246 g/mol. The molecule has 0 bridgehead atoms. The Morgan fingerprint density at radius 2 is 2.32 bits per heavy atom. The van der Waals surface area contributed by atoms with Gasteiger partial charge in [0.25, 0.3) is 0 Å². The zero-order valence-corrected chi connectivity index (χ0v) is 11.6. The van der Waals surface area contributed by atoms with Gasteiger partial charge in [-0.3, -0.25) is 0 Å². The third-order valence-electron chi connectivity index (χ3n) is 3.05. The van der Waals surface area contributed by atoms with Crippen molar-refractivity contribution in [2.24, 2.45) is 5.73 Å². The molecule has 2 unspecified atom stereocenters. The number of aromatic nitrogens is 3. The number of rotatable bonds is 3. The van der Waals surface area contributed by atoms with E-state index in [-0.39, 0.29) is 18.2 Å². The smallest absolute Gasteiger partial charge is 0.407 e. The highest BCUT2D eigenvalue weighted by Gasteiger charge is 2.35. The van der Waals surface area contributed by atoms with Crippen molar-refractivity contribution in [3.63, 3.8) is 0 Å². The average Bonchev–Trinajstić information content (AvgIpc) is 2.70. The number of carbonyl (C=O) groups excluding carboxylic acids is 1. The van der Waals surface area contributed by atoms with Gasteiger partial charge in [0.1, 0.15) is 5.60 Å². The molecule has 106 valence electrons. The minimum absolute atomic E-state index is 0.0437. The predicted molar refractivity (Wildman–Crippen MR) is 69.3 cm³/mol. The highest BCUT2D eigenvalue weighted by atomic mass is 16.6. The monoisotopic (exact) mass is 267 g/mol. The van der Waals surface area contributed by atoms with Gasteiger partial charge in [0, 0.05) is 6.54 Å². The number of hydrogen-bond donors (Lipinski definition) is 2. The molecule has 1 saturated carbocycles. The lowest BCUT2D eigenvalue weighted by molar-refractivity contribution is 0.0436. The van der Waals surface area contributed by atoms with Crippen LogP contribution in [0, 0.1) is 0 Å². The van der Waals surface area contributed by atoms with Crippen molar-refractivity contribution in [1.82, 2.24) is 20.3 Å². The normalized spacial score (nSPS) is 22.7. The lowest BCUT2D eigenvalue weighted by Crippen LogP contribution is -2.49. The number of nitrogens with one attached hydrogen (secondary N) is 1. The maximum Gasteiger partial charge on any atom is 0.407 e. The number of ether oxygens (including phenoxy) is 1. The Kier molecular flexibility index (Phi) is 3.75. The van der Waals surface area contributed by atoms with Gasteiger partial charge in [-0.1, -0.05) is 5.21 Å².